The minimum absolute atomic E-state index is 0.208. The average molecular weight is 360 g/mol. The van der Waals surface area contributed by atoms with Gasteiger partial charge in [0.25, 0.3) is 0 Å². The van der Waals surface area contributed by atoms with Gasteiger partial charge in [0.2, 0.25) is 0 Å². The molecule has 2 rings (SSSR count). The van der Waals surface area contributed by atoms with Crippen LogP contribution in [0.25, 0.3) is 11.1 Å². The van der Waals surface area contributed by atoms with Gasteiger partial charge in [0.05, 0.1) is 3.74 Å². The lowest BCUT2D eigenvalue weighted by Crippen LogP contribution is -1.81. The van der Waals surface area contributed by atoms with Crippen LogP contribution in [0.2, 0.25) is 5.02 Å². The van der Waals surface area contributed by atoms with Crippen LogP contribution in [0.5, 0.6) is 0 Å². The summed E-state index contributed by atoms with van der Waals surface area (Å²) in [5, 5.41) is 0.765. The highest BCUT2D eigenvalue weighted by Gasteiger charge is 2.02. The molecule has 0 heterocycles. The maximum Gasteiger partial charge on any atom is 0.0946 e. The smallest absolute Gasteiger partial charge is 0.0843 e. The van der Waals surface area contributed by atoms with E-state index in [0.29, 0.717) is 0 Å². The van der Waals surface area contributed by atoms with Crippen molar-refractivity contribution < 1.29 is 0 Å². The lowest BCUT2D eigenvalue weighted by molar-refractivity contribution is 1.42. The van der Waals surface area contributed by atoms with Crippen LogP contribution in [0.4, 0.5) is 0 Å². The van der Waals surface area contributed by atoms with Crippen LogP contribution in [-0.4, -0.2) is 0 Å². The third kappa shape index (κ3) is 2.88. The van der Waals surface area contributed by atoms with Crippen LogP contribution in [0.3, 0.4) is 0 Å². The van der Waals surface area contributed by atoms with Gasteiger partial charge >= 0.3 is 0 Å². The number of alkyl halides is 2. The van der Waals surface area contributed by atoms with Gasteiger partial charge in [0.15, 0.2) is 0 Å². The zero-order chi connectivity index (χ0) is 11.5. The molecule has 0 aromatic heterocycles. The molecule has 0 fully saturated rings. The second-order valence-corrected chi connectivity index (χ2v) is 6.93. The van der Waals surface area contributed by atoms with Crippen molar-refractivity contribution in [3.63, 3.8) is 0 Å². The van der Waals surface area contributed by atoms with E-state index in [4.69, 9.17) is 11.6 Å². The zero-order valence-corrected chi connectivity index (χ0v) is 12.3. The molecule has 0 atom stereocenters. The molecule has 0 saturated carbocycles. The lowest BCUT2D eigenvalue weighted by Gasteiger charge is -2.05. The second-order valence-electron chi connectivity index (χ2n) is 3.43. The Kier molecular flexibility index (Phi) is 4.06. The minimum Gasteiger partial charge on any atom is -0.0843 e. The summed E-state index contributed by atoms with van der Waals surface area (Å²) in [5.74, 6) is 0. The predicted molar refractivity (Wildman–Crippen MR) is 77.5 cm³/mol. The van der Waals surface area contributed by atoms with Crippen molar-refractivity contribution in [1.29, 1.82) is 0 Å². The molecule has 82 valence electrons. The van der Waals surface area contributed by atoms with Gasteiger partial charge in [-0.1, -0.05) is 79.9 Å². The third-order valence-corrected chi connectivity index (χ3v) is 3.65. The van der Waals surface area contributed by atoms with E-state index >= 15 is 0 Å². The van der Waals surface area contributed by atoms with Crippen LogP contribution < -0.4 is 0 Å². The lowest BCUT2D eigenvalue weighted by atomic mass is 10.0. The summed E-state index contributed by atoms with van der Waals surface area (Å²) in [6, 6.07) is 16.3. The average Bonchev–Trinajstić information content (AvgIpc) is 2.30. The first kappa shape index (κ1) is 12.2. The molecule has 0 spiro atoms. The Morgan fingerprint density at radius 3 is 1.62 bits per heavy atom. The van der Waals surface area contributed by atoms with Crippen LogP contribution in [0.1, 0.15) is 9.30 Å². The number of hydrogen-bond donors (Lipinski definition) is 0. The molecule has 0 nitrogen and oxygen atoms in total. The van der Waals surface area contributed by atoms with Crippen molar-refractivity contribution in [2.45, 2.75) is 3.74 Å². The SMILES string of the molecule is Clc1ccc(-c2ccc(C(Br)Br)cc2)cc1. The summed E-state index contributed by atoms with van der Waals surface area (Å²) in [6.07, 6.45) is 0. The Morgan fingerprint density at radius 2 is 1.19 bits per heavy atom. The highest BCUT2D eigenvalue weighted by molar-refractivity contribution is 9.24. The highest BCUT2D eigenvalue weighted by atomic mass is 79.9. The Balaban J connectivity index is 2.31. The molecule has 0 N–H and O–H groups in total. The molecule has 16 heavy (non-hydrogen) atoms. The maximum atomic E-state index is 5.85. The van der Waals surface area contributed by atoms with E-state index in [1.165, 1.54) is 16.7 Å². The van der Waals surface area contributed by atoms with Crippen molar-refractivity contribution in [1.82, 2.24) is 0 Å². The van der Waals surface area contributed by atoms with E-state index < -0.39 is 0 Å². The molecule has 0 aliphatic rings. The van der Waals surface area contributed by atoms with Gasteiger partial charge in [0.1, 0.15) is 0 Å². The van der Waals surface area contributed by atoms with Gasteiger partial charge in [-0.25, -0.2) is 0 Å². The summed E-state index contributed by atoms with van der Waals surface area (Å²) in [5.41, 5.74) is 3.58. The molecule has 3 heteroatoms. The molecule has 0 bridgehead atoms. The molecule has 0 amide bonds. The molecule has 0 unspecified atom stereocenters. The highest BCUT2D eigenvalue weighted by Crippen LogP contribution is 2.30. The van der Waals surface area contributed by atoms with Crippen LogP contribution in [-0.2, 0) is 0 Å². The molecule has 0 radical (unpaired) electrons. The monoisotopic (exact) mass is 358 g/mol. The Labute approximate surface area is 117 Å². The second kappa shape index (κ2) is 5.35. The van der Waals surface area contributed by atoms with E-state index in [9.17, 15) is 0 Å². The fourth-order valence-electron chi connectivity index (χ4n) is 1.46. The standard InChI is InChI=1S/C13H9Br2Cl/c14-13(15)11-3-1-9(2-4-11)10-5-7-12(16)8-6-10/h1-8,13H. The number of halogens is 3. The van der Waals surface area contributed by atoms with Crippen LogP contribution in [0, 0.1) is 0 Å². The summed E-state index contributed by atoms with van der Waals surface area (Å²) < 4.78 is 0.208. The molecule has 0 saturated heterocycles. The molecular weight excluding hydrogens is 351 g/mol. The van der Waals surface area contributed by atoms with Gasteiger partial charge < -0.3 is 0 Å². The largest absolute Gasteiger partial charge is 0.0946 e. The van der Waals surface area contributed by atoms with E-state index in [-0.39, 0.29) is 3.74 Å². The van der Waals surface area contributed by atoms with Crippen molar-refractivity contribution in [3.05, 3.63) is 59.1 Å². The van der Waals surface area contributed by atoms with E-state index in [2.05, 4.69) is 56.1 Å². The fraction of sp³-hybridized carbons (Fsp3) is 0.0769. The first-order chi connectivity index (χ1) is 7.66. The zero-order valence-electron chi connectivity index (χ0n) is 8.33. The summed E-state index contributed by atoms with van der Waals surface area (Å²) in [7, 11) is 0. The van der Waals surface area contributed by atoms with Crippen molar-refractivity contribution >= 4 is 43.5 Å². The van der Waals surface area contributed by atoms with Crippen LogP contribution in [0.15, 0.2) is 48.5 Å². The molecular formula is C13H9Br2Cl. The van der Waals surface area contributed by atoms with Gasteiger partial charge in [-0.05, 0) is 28.8 Å². The van der Waals surface area contributed by atoms with E-state index in [0.717, 1.165) is 5.02 Å². The van der Waals surface area contributed by atoms with Crippen LogP contribution >= 0.6 is 43.5 Å². The van der Waals surface area contributed by atoms with Crippen molar-refractivity contribution in [2.24, 2.45) is 0 Å². The number of hydrogen-bond acceptors (Lipinski definition) is 0. The van der Waals surface area contributed by atoms with Gasteiger partial charge in [-0.15, -0.1) is 0 Å². The Hall–Kier alpha value is -0.310. The van der Waals surface area contributed by atoms with Gasteiger partial charge in [-0.2, -0.15) is 0 Å². The molecule has 0 aliphatic heterocycles. The van der Waals surface area contributed by atoms with Crippen molar-refractivity contribution in [3.8, 4) is 11.1 Å². The Morgan fingerprint density at radius 1 is 0.750 bits per heavy atom. The topological polar surface area (TPSA) is 0 Å². The quantitative estimate of drug-likeness (QED) is 0.594. The van der Waals surface area contributed by atoms with Gasteiger partial charge in [-0.3, -0.25) is 0 Å². The number of benzene rings is 2. The first-order valence-corrected chi connectivity index (χ1v) is 7.02. The summed E-state index contributed by atoms with van der Waals surface area (Å²) >= 11 is 12.8. The predicted octanol–water partition coefficient (Wildman–Crippen LogP) is 5.80. The fourth-order valence-corrected chi connectivity index (χ4v) is 2.20. The summed E-state index contributed by atoms with van der Waals surface area (Å²) in [6.45, 7) is 0. The third-order valence-electron chi connectivity index (χ3n) is 2.34. The minimum atomic E-state index is 0.208. The van der Waals surface area contributed by atoms with E-state index in [1.54, 1.807) is 0 Å². The molecule has 2 aromatic rings. The Bertz CT molecular complexity index is 460. The maximum absolute atomic E-state index is 5.85. The molecule has 2 aromatic carbocycles. The molecule has 0 aliphatic carbocycles. The van der Waals surface area contributed by atoms with Crippen molar-refractivity contribution in [2.75, 3.05) is 0 Å². The number of rotatable bonds is 2. The first-order valence-electron chi connectivity index (χ1n) is 4.81. The summed E-state index contributed by atoms with van der Waals surface area (Å²) in [4.78, 5) is 0. The normalized spacial score (nSPS) is 10.8. The van der Waals surface area contributed by atoms with E-state index in [1.807, 2.05) is 24.3 Å². The van der Waals surface area contributed by atoms with Gasteiger partial charge in [0, 0.05) is 5.02 Å².